The number of amides is 1. The predicted octanol–water partition coefficient (Wildman–Crippen LogP) is 3.52. The van der Waals surface area contributed by atoms with Gasteiger partial charge < -0.3 is 39.0 Å². The van der Waals surface area contributed by atoms with Crippen LogP contribution in [0.2, 0.25) is 0 Å². The van der Waals surface area contributed by atoms with Gasteiger partial charge in [-0.1, -0.05) is 44.2 Å². The Kier molecular flexibility index (Phi) is 9.58. The number of fused-ring (bicyclic) bond motifs is 6. The lowest BCUT2D eigenvalue weighted by atomic mass is 9.47. The molecular weight excluding hydrogens is 769 g/mol. The molecule has 1 aliphatic carbocycles. The number of nitrogens with one attached hydrogen (secondary N) is 1. The number of nitrogens with zero attached hydrogens (tertiary/aromatic N) is 3. The summed E-state index contributed by atoms with van der Waals surface area (Å²) in [6.45, 7) is 8.16. The van der Waals surface area contributed by atoms with Gasteiger partial charge in [0.05, 0.1) is 38.7 Å². The van der Waals surface area contributed by atoms with Gasteiger partial charge >= 0.3 is 17.9 Å². The minimum absolute atomic E-state index is 0.155. The van der Waals surface area contributed by atoms with E-state index in [-0.39, 0.29) is 12.3 Å². The molecule has 14 nitrogen and oxygen atoms in total. The van der Waals surface area contributed by atoms with Gasteiger partial charge in [-0.2, -0.15) is 0 Å². The van der Waals surface area contributed by atoms with Crippen LogP contribution in [-0.4, -0.2) is 133 Å². The Morgan fingerprint density at radius 3 is 2.42 bits per heavy atom. The van der Waals surface area contributed by atoms with Crippen LogP contribution < -0.4 is 9.64 Å². The molecule has 6 heterocycles. The summed E-state index contributed by atoms with van der Waals surface area (Å²) in [6, 6.07) is 9.97. The number of para-hydroxylation sites is 1. The van der Waals surface area contributed by atoms with Crippen molar-refractivity contribution in [1.82, 2.24) is 14.8 Å². The van der Waals surface area contributed by atoms with Crippen molar-refractivity contribution in [2.45, 2.75) is 99.5 Å². The van der Waals surface area contributed by atoms with Gasteiger partial charge in [-0.3, -0.25) is 24.2 Å². The highest BCUT2D eigenvalue weighted by molar-refractivity contribution is 5.96. The first kappa shape index (κ1) is 40.6. The highest BCUT2D eigenvalue weighted by Gasteiger charge is 2.81. The summed E-state index contributed by atoms with van der Waals surface area (Å²) in [7, 11) is 4.09. The van der Waals surface area contributed by atoms with Crippen molar-refractivity contribution < 1.29 is 48.3 Å². The number of aromatic nitrogens is 1. The Balaban J connectivity index is 1.38. The number of rotatable bonds is 8. The third-order valence-corrected chi connectivity index (χ3v) is 15.5. The number of hydrogen-bond donors (Lipinski definition) is 3. The number of aliphatic hydroxyl groups is 2. The molecule has 0 radical (unpaired) electrons. The van der Waals surface area contributed by atoms with E-state index in [1.807, 2.05) is 50.3 Å². The standard InChI is InChI=1S/C46H56N4O10/c1-7-42(55)22-28-23-45(40(53)58-5,36-30(14-18-48(24-28)25-42)29-12-9-10-13-33(29)47-36)32-20-31-34(21-35(32)57-4)50(26-51)38-44(31)16-19-49-17-11-15-43(8-2,37(44)49)39(60-27(3)52)46(38,56)41(54)59-6/h9-13,15,20-21,26,28,37-39,47,55-56H,7-8,14,16-19,22-25H2,1-6H3/t28?,37?,38-,39?,42+,43?,44-,45+,46+/m1/s1. The molecule has 320 valence electrons. The molecule has 1 amide bonds. The summed E-state index contributed by atoms with van der Waals surface area (Å²) in [5.74, 6) is -2.06. The summed E-state index contributed by atoms with van der Waals surface area (Å²) in [5, 5.41) is 26.3. The molecular formula is C46H56N4O10. The molecule has 1 aromatic heterocycles. The van der Waals surface area contributed by atoms with Crippen LogP contribution in [0.4, 0.5) is 5.69 Å². The summed E-state index contributed by atoms with van der Waals surface area (Å²) in [6.07, 6.45) is 5.83. The Morgan fingerprint density at radius 2 is 1.73 bits per heavy atom. The maximum Gasteiger partial charge on any atom is 0.344 e. The fourth-order valence-corrected chi connectivity index (χ4v) is 13.4. The van der Waals surface area contributed by atoms with Gasteiger partial charge in [0.15, 0.2) is 6.10 Å². The van der Waals surface area contributed by atoms with E-state index in [9.17, 15) is 24.6 Å². The van der Waals surface area contributed by atoms with E-state index < -0.39 is 63.5 Å². The molecule has 5 unspecified atom stereocenters. The molecule has 6 aliphatic rings. The van der Waals surface area contributed by atoms with Crippen molar-refractivity contribution in [2.75, 3.05) is 59.0 Å². The summed E-state index contributed by atoms with van der Waals surface area (Å²) >= 11 is 0. The second kappa shape index (κ2) is 14.1. The molecule has 60 heavy (non-hydrogen) atoms. The van der Waals surface area contributed by atoms with Crippen LogP contribution >= 0.6 is 0 Å². The van der Waals surface area contributed by atoms with Gasteiger partial charge in [-0.15, -0.1) is 0 Å². The number of anilines is 1. The second-order valence-corrected chi connectivity index (χ2v) is 18.1. The zero-order valence-corrected chi connectivity index (χ0v) is 35.3. The molecule has 3 N–H and O–H groups in total. The topological polar surface area (TPSA) is 171 Å². The first-order chi connectivity index (χ1) is 28.8. The Hall–Kier alpha value is -4.76. The van der Waals surface area contributed by atoms with Crippen molar-refractivity contribution in [1.29, 1.82) is 0 Å². The highest BCUT2D eigenvalue weighted by Crippen LogP contribution is 2.68. The van der Waals surface area contributed by atoms with Gasteiger partial charge in [0.1, 0.15) is 11.2 Å². The average molecular weight is 825 g/mol. The van der Waals surface area contributed by atoms with Crippen LogP contribution in [0.1, 0.15) is 75.3 Å². The number of hydrogen-bond acceptors (Lipinski definition) is 12. The zero-order chi connectivity index (χ0) is 42.6. The summed E-state index contributed by atoms with van der Waals surface area (Å²) in [5.41, 5.74) is -3.15. The van der Waals surface area contributed by atoms with Crippen LogP contribution in [0.3, 0.4) is 0 Å². The Labute approximate surface area is 349 Å². The van der Waals surface area contributed by atoms with Crippen molar-refractivity contribution in [3.8, 4) is 5.75 Å². The molecule has 1 spiro atoms. The maximum atomic E-state index is 15.3. The molecule has 10 atom stereocenters. The van der Waals surface area contributed by atoms with E-state index in [2.05, 4.69) is 20.9 Å². The fraction of sp³-hybridized carbons (Fsp3) is 0.565. The third-order valence-electron chi connectivity index (χ3n) is 15.5. The first-order valence-corrected chi connectivity index (χ1v) is 21.3. The molecule has 3 fully saturated rings. The smallest absolute Gasteiger partial charge is 0.344 e. The van der Waals surface area contributed by atoms with Crippen molar-refractivity contribution >= 4 is 40.9 Å². The Bertz CT molecular complexity index is 2310. The van der Waals surface area contributed by atoms with E-state index in [0.717, 1.165) is 16.5 Å². The van der Waals surface area contributed by atoms with Gasteiger partial charge in [0.25, 0.3) is 0 Å². The molecule has 5 aliphatic heterocycles. The summed E-state index contributed by atoms with van der Waals surface area (Å²) in [4.78, 5) is 66.1. The third kappa shape index (κ3) is 5.19. The van der Waals surface area contributed by atoms with Gasteiger partial charge in [-0.05, 0) is 74.2 Å². The van der Waals surface area contributed by atoms with E-state index in [4.69, 9.17) is 18.9 Å². The minimum atomic E-state index is -2.53. The number of piperidine rings is 1. The summed E-state index contributed by atoms with van der Waals surface area (Å²) < 4.78 is 23.7. The largest absolute Gasteiger partial charge is 0.496 e. The Morgan fingerprint density at radius 1 is 0.967 bits per heavy atom. The lowest BCUT2D eigenvalue weighted by molar-refractivity contribution is -0.228. The average Bonchev–Trinajstić information content (AvgIpc) is 3.92. The normalized spacial score (nSPS) is 36.5. The predicted molar refractivity (Wildman–Crippen MR) is 221 cm³/mol. The molecule has 2 saturated heterocycles. The van der Waals surface area contributed by atoms with Crippen LogP contribution in [0.15, 0.2) is 48.6 Å². The number of H-pyrrole nitrogens is 1. The number of benzene rings is 2. The number of esters is 3. The van der Waals surface area contributed by atoms with Gasteiger partial charge in [-0.25, -0.2) is 4.79 Å². The number of aromatic amines is 1. The molecule has 3 aromatic rings. The minimum Gasteiger partial charge on any atom is -0.496 e. The molecule has 14 heteroatoms. The number of ether oxygens (including phenoxy) is 4. The highest BCUT2D eigenvalue weighted by atomic mass is 16.6. The van der Waals surface area contributed by atoms with Crippen LogP contribution in [0, 0.1) is 11.3 Å². The van der Waals surface area contributed by atoms with E-state index >= 15 is 4.79 Å². The van der Waals surface area contributed by atoms with Crippen LogP contribution in [0.25, 0.3) is 10.9 Å². The molecule has 2 bridgehead atoms. The lowest BCUT2D eigenvalue weighted by Gasteiger charge is -2.63. The van der Waals surface area contributed by atoms with E-state index in [1.54, 1.807) is 6.07 Å². The number of methoxy groups -OCH3 is 3. The first-order valence-electron chi connectivity index (χ1n) is 21.3. The van der Waals surface area contributed by atoms with E-state index in [0.29, 0.717) is 99.5 Å². The van der Waals surface area contributed by atoms with Crippen molar-refractivity contribution in [2.24, 2.45) is 11.3 Å². The number of carbonyl (C=O) groups is 4. The monoisotopic (exact) mass is 824 g/mol. The molecule has 2 aromatic carbocycles. The zero-order valence-electron chi connectivity index (χ0n) is 35.3. The van der Waals surface area contributed by atoms with E-state index in [1.165, 1.54) is 33.2 Å². The van der Waals surface area contributed by atoms with Crippen molar-refractivity contribution in [3.05, 3.63) is 70.9 Å². The number of carbonyl (C=O) groups excluding carboxylic acids is 4. The second-order valence-electron chi connectivity index (χ2n) is 18.1. The SMILES string of the molecule is CCC12C=CCN3CC[C@@]4(c5cc([C@@]6(C(=O)OC)CC7CN(CCc8c6[nH]c6ccccc86)C[C@](O)(CC)C7)c(OC)cc5N(C=O)[C@H]4[C@@](O)(C(=O)OC)C1OC(C)=O)C32. The molecule has 1 saturated carbocycles. The van der Waals surface area contributed by atoms with Gasteiger partial charge in [0, 0.05) is 78.2 Å². The molecule has 9 rings (SSSR count). The van der Waals surface area contributed by atoms with Crippen LogP contribution in [-0.2, 0) is 50.6 Å². The maximum absolute atomic E-state index is 15.3. The lowest BCUT2D eigenvalue weighted by Crippen LogP contribution is -2.81. The quantitative estimate of drug-likeness (QED) is 0.131. The van der Waals surface area contributed by atoms with Gasteiger partial charge in [0.2, 0.25) is 12.0 Å². The van der Waals surface area contributed by atoms with Crippen molar-refractivity contribution in [3.63, 3.8) is 0 Å². The fourth-order valence-electron chi connectivity index (χ4n) is 13.4. The van der Waals surface area contributed by atoms with Crippen LogP contribution in [0.5, 0.6) is 5.75 Å².